The van der Waals surface area contributed by atoms with Crippen LogP contribution in [0.25, 0.3) is 0 Å². The van der Waals surface area contributed by atoms with Crippen LogP contribution in [0.3, 0.4) is 0 Å². The molecule has 0 aliphatic heterocycles. The van der Waals surface area contributed by atoms with E-state index in [2.05, 4.69) is 0 Å². The zero-order valence-corrected chi connectivity index (χ0v) is 8.00. The van der Waals surface area contributed by atoms with Crippen LogP contribution in [-0.2, 0) is 0 Å². The van der Waals surface area contributed by atoms with Crippen molar-refractivity contribution in [3.63, 3.8) is 0 Å². The molecule has 0 unspecified atom stereocenters. The molecule has 0 spiro atoms. The Bertz CT molecular complexity index is 323. The molecule has 0 saturated heterocycles. The number of rotatable bonds is 4. The highest BCUT2D eigenvalue weighted by Crippen LogP contribution is 2.32. The zero-order valence-electron chi connectivity index (χ0n) is 8.00. The van der Waals surface area contributed by atoms with E-state index in [4.69, 9.17) is 10.5 Å². The predicted octanol–water partition coefficient (Wildman–Crippen LogP) is 2.59. The van der Waals surface area contributed by atoms with Crippen molar-refractivity contribution in [3.8, 4) is 5.75 Å². The number of halogens is 1. The summed E-state index contributed by atoms with van der Waals surface area (Å²) in [5, 5.41) is 0. The maximum absolute atomic E-state index is 13.2. The predicted molar refractivity (Wildman–Crippen MR) is 53.6 cm³/mol. The number of nitrogen functional groups attached to an aromatic ring is 1. The Morgan fingerprint density at radius 1 is 1.43 bits per heavy atom. The Morgan fingerprint density at radius 3 is 2.86 bits per heavy atom. The SMILES string of the molecule is Nc1ccc(OCCC2CC2)c(F)c1. The average molecular weight is 195 g/mol. The quantitative estimate of drug-likeness (QED) is 0.749. The lowest BCUT2D eigenvalue weighted by Gasteiger charge is -2.06. The first-order chi connectivity index (χ1) is 6.75. The Hall–Kier alpha value is -1.25. The molecule has 2 rings (SSSR count). The second kappa shape index (κ2) is 3.86. The van der Waals surface area contributed by atoms with Crippen molar-refractivity contribution in [2.24, 2.45) is 5.92 Å². The van der Waals surface area contributed by atoms with Crippen LogP contribution in [0.4, 0.5) is 10.1 Å². The maximum atomic E-state index is 13.2. The van der Waals surface area contributed by atoms with Gasteiger partial charge in [0, 0.05) is 11.8 Å². The van der Waals surface area contributed by atoms with Gasteiger partial charge in [0.05, 0.1) is 6.61 Å². The third-order valence-corrected chi connectivity index (χ3v) is 2.44. The third kappa shape index (κ3) is 2.37. The van der Waals surface area contributed by atoms with Crippen LogP contribution < -0.4 is 10.5 Å². The fourth-order valence-corrected chi connectivity index (χ4v) is 1.38. The van der Waals surface area contributed by atoms with Crippen LogP contribution in [0.5, 0.6) is 5.75 Å². The lowest BCUT2D eigenvalue weighted by molar-refractivity contribution is 0.288. The highest BCUT2D eigenvalue weighted by atomic mass is 19.1. The summed E-state index contributed by atoms with van der Waals surface area (Å²) in [6.07, 6.45) is 3.63. The van der Waals surface area contributed by atoms with Crippen molar-refractivity contribution >= 4 is 5.69 Å². The molecular weight excluding hydrogens is 181 g/mol. The van der Waals surface area contributed by atoms with Crippen LogP contribution in [0.1, 0.15) is 19.3 Å². The molecule has 1 saturated carbocycles. The van der Waals surface area contributed by atoms with E-state index in [0.717, 1.165) is 12.3 Å². The van der Waals surface area contributed by atoms with E-state index in [-0.39, 0.29) is 5.82 Å². The number of nitrogens with two attached hydrogens (primary N) is 1. The standard InChI is InChI=1S/C11H14FNO/c12-10-7-9(13)3-4-11(10)14-6-5-8-1-2-8/h3-4,7-8H,1-2,5-6,13H2. The average Bonchev–Trinajstić information content (AvgIpc) is 2.92. The molecule has 1 aromatic rings. The summed E-state index contributed by atoms with van der Waals surface area (Å²) in [6, 6.07) is 4.51. The summed E-state index contributed by atoms with van der Waals surface area (Å²) >= 11 is 0. The fourth-order valence-electron chi connectivity index (χ4n) is 1.38. The van der Waals surface area contributed by atoms with Gasteiger partial charge >= 0.3 is 0 Å². The molecule has 1 aliphatic carbocycles. The van der Waals surface area contributed by atoms with Gasteiger partial charge in [0.15, 0.2) is 11.6 Å². The van der Waals surface area contributed by atoms with Gasteiger partial charge in [-0.15, -0.1) is 0 Å². The summed E-state index contributed by atoms with van der Waals surface area (Å²) in [4.78, 5) is 0. The lowest BCUT2D eigenvalue weighted by Crippen LogP contribution is -2.00. The lowest BCUT2D eigenvalue weighted by atomic mass is 10.3. The second-order valence-corrected chi connectivity index (χ2v) is 3.77. The summed E-state index contributed by atoms with van der Waals surface area (Å²) in [6.45, 7) is 0.603. The normalized spacial score (nSPS) is 15.5. The highest BCUT2D eigenvalue weighted by molar-refractivity contribution is 5.42. The number of ether oxygens (including phenoxy) is 1. The van der Waals surface area contributed by atoms with Crippen LogP contribution in [0.15, 0.2) is 18.2 Å². The van der Waals surface area contributed by atoms with Gasteiger partial charge in [-0.05, 0) is 24.5 Å². The first-order valence-electron chi connectivity index (χ1n) is 4.93. The summed E-state index contributed by atoms with van der Waals surface area (Å²) < 4.78 is 18.5. The number of anilines is 1. The van der Waals surface area contributed by atoms with Crippen molar-refractivity contribution in [2.75, 3.05) is 12.3 Å². The van der Waals surface area contributed by atoms with Crippen LogP contribution >= 0.6 is 0 Å². The van der Waals surface area contributed by atoms with E-state index in [1.807, 2.05) is 0 Å². The van der Waals surface area contributed by atoms with Crippen molar-refractivity contribution < 1.29 is 9.13 Å². The molecule has 0 amide bonds. The Balaban J connectivity index is 1.87. The molecular formula is C11H14FNO. The maximum Gasteiger partial charge on any atom is 0.167 e. The zero-order chi connectivity index (χ0) is 9.97. The fraction of sp³-hybridized carbons (Fsp3) is 0.455. The molecule has 0 radical (unpaired) electrons. The van der Waals surface area contributed by atoms with Crippen LogP contribution in [-0.4, -0.2) is 6.61 Å². The minimum Gasteiger partial charge on any atom is -0.491 e. The van der Waals surface area contributed by atoms with E-state index >= 15 is 0 Å². The van der Waals surface area contributed by atoms with Gasteiger partial charge in [-0.1, -0.05) is 12.8 Å². The van der Waals surface area contributed by atoms with Gasteiger partial charge in [0.25, 0.3) is 0 Å². The number of hydrogen-bond donors (Lipinski definition) is 1. The third-order valence-electron chi connectivity index (χ3n) is 2.44. The van der Waals surface area contributed by atoms with Crippen LogP contribution in [0.2, 0.25) is 0 Å². The van der Waals surface area contributed by atoms with E-state index in [1.54, 1.807) is 12.1 Å². The van der Waals surface area contributed by atoms with Gasteiger partial charge in [-0.25, -0.2) is 4.39 Å². The molecule has 1 fully saturated rings. The van der Waals surface area contributed by atoms with Crippen LogP contribution in [0, 0.1) is 11.7 Å². The Labute approximate surface area is 82.9 Å². The van der Waals surface area contributed by atoms with E-state index in [0.29, 0.717) is 18.0 Å². The molecule has 2 N–H and O–H groups in total. The molecule has 76 valence electrons. The molecule has 0 aromatic heterocycles. The first-order valence-corrected chi connectivity index (χ1v) is 4.93. The minimum atomic E-state index is -0.374. The molecule has 14 heavy (non-hydrogen) atoms. The van der Waals surface area contributed by atoms with Gasteiger partial charge in [0.2, 0.25) is 0 Å². The van der Waals surface area contributed by atoms with E-state index in [1.165, 1.54) is 18.9 Å². The summed E-state index contributed by atoms with van der Waals surface area (Å²) in [5.41, 5.74) is 5.85. The van der Waals surface area contributed by atoms with Gasteiger partial charge < -0.3 is 10.5 Å². The van der Waals surface area contributed by atoms with Crippen molar-refractivity contribution in [2.45, 2.75) is 19.3 Å². The van der Waals surface area contributed by atoms with E-state index < -0.39 is 0 Å². The Kier molecular flexibility index (Phi) is 2.57. The summed E-state index contributed by atoms with van der Waals surface area (Å²) in [5.74, 6) is 0.743. The number of hydrogen-bond acceptors (Lipinski definition) is 2. The monoisotopic (exact) mass is 195 g/mol. The van der Waals surface area contributed by atoms with Gasteiger partial charge in [0.1, 0.15) is 0 Å². The number of benzene rings is 1. The molecule has 0 heterocycles. The molecule has 1 aliphatic rings. The van der Waals surface area contributed by atoms with Crippen molar-refractivity contribution in [3.05, 3.63) is 24.0 Å². The molecule has 0 bridgehead atoms. The Morgan fingerprint density at radius 2 is 2.21 bits per heavy atom. The van der Waals surface area contributed by atoms with Gasteiger partial charge in [-0.2, -0.15) is 0 Å². The topological polar surface area (TPSA) is 35.2 Å². The van der Waals surface area contributed by atoms with Crippen molar-refractivity contribution in [1.82, 2.24) is 0 Å². The smallest absolute Gasteiger partial charge is 0.167 e. The second-order valence-electron chi connectivity index (χ2n) is 3.77. The molecule has 1 aromatic carbocycles. The van der Waals surface area contributed by atoms with Gasteiger partial charge in [-0.3, -0.25) is 0 Å². The first kappa shape index (κ1) is 9.31. The largest absolute Gasteiger partial charge is 0.491 e. The summed E-state index contributed by atoms with van der Waals surface area (Å²) in [7, 11) is 0. The molecule has 2 nitrogen and oxygen atoms in total. The minimum absolute atomic E-state index is 0.305. The molecule has 0 atom stereocenters. The molecule has 3 heteroatoms. The van der Waals surface area contributed by atoms with E-state index in [9.17, 15) is 4.39 Å². The van der Waals surface area contributed by atoms with Crippen molar-refractivity contribution in [1.29, 1.82) is 0 Å². The highest BCUT2D eigenvalue weighted by Gasteiger charge is 2.20.